The lowest BCUT2D eigenvalue weighted by atomic mass is 10.2. The summed E-state index contributed by atoms with van der Waals surface area (Å²) >= 11 is 7.08. The third-order valence-corrected chi connectivity index (χ3v) is 5.19. The van der Waals surface area contributed by atoms with E-state index < -0.39 is 0 Å². The van der Waals surface area contributed by atoms with Crippen molar-refractivity contribution in [3.63, 3.8) is 0 Å². The van der Waals surface area contributed by atoms with E-state index in [-0.39, 0.29) is 35.6 Å². The van der Waals surface area contributed by atoms with Crippen molar-refractivity contribution in [2.45, 2.75) is 25.8 Å². The van der Waals surface area contributed by atoms with Gasteiger partial charge in [-0.3, -0.25) is 9.59 Å². The molecule has 3 rings (SSSR count). The molecule has 3 aromatic rings. The summed E-state index contributed by atoms with van der Waals surface area (Å²) in [6.07, 6.45) is 1.35. The number of aromatic nitrogens is 2. The third kappa shape index (κ3) is 6.33. The number of nitrogens with zero attached hydrogens (tertiary/aromatic N) is 2. The molecule has 0 unspecified atom stereocenters. The first-order valence-electron chi connectivity index (χ1n) is 8.90. The summed E-state index contributed by atoms with van der Waals surface area (Å²) in [7, 11) is 0. The average Bonchev–Trinajstić information content (AvgIpc) is 3.16. The van der Waals surface area contributed by atoms with E-state index in [4.69, 9.17) is 11.6 Å². The van der Waals surface area contributed by atoms with Gasteiger partial charge in [0.25, 0.3) is 5.91 Å². The maximum atomic E-state index is 13.5. The predicted octanol–water partition coefficient (Wildman–Crippen LogP) is 4.22. The van der Waals surface area contributed by atoms with E-state index in [0.717, 1.165) is 0 Å². The van der Waals surface area contributed by atoms with Gasteiger partial charge in [0.1, 0.15) is 10.8 Å². The number of amides is 2. The number of nitrogens with one attached hydrogen (secondary N) is 2. The smallest absolute Gasteiger partial charge is 0.286 e. The van der Waals surface area contributed by atoms with Crippen LogP contribution in [0.1, 0.15) is 33.2 Å². The molecular formula is C20H18ClFN4O2S. The van der Waals surface area contributed by atoms with Gasteiger partial charge in [0, 0.05) is 35.7 Å². The molecule has 2 aromatic carbocycles. The lowest BCUT2D eigenvalue weighted by molar-refractivity contribution is -0.121. The molecule has 0 radical (unpaired) electrons. The van der Waals surface area contributed by atoms with Gasteiger partial charge in [0.05, 0.1) is 0 Å². The Balaban J connectivity index is 1.42. The maximum absolute atomic E-state index is 13.5. The summed E-state index contributed by atoms with van der Waals surface area (Å²) in [6.45, 7) is 0.151. The second-order valence-electron chi connectivity index (χ2n) is 6.19. The Labute approximate surface area is 176 Å². The van der Waals surface area contributed by atoms with Crippen LogP contribution < -0.4 is 10.6 Å². The second-order valence-corrected chi connectivity index (χ2v) is 7.69. The van der Waals surface area contributed by atoms with Crippen LogP contribution in [-0.2, 0) is 17.8 Å². The monoisotopic (exact) mass is 432 g/mol. The van der Waals surface area contributed by atoms with Crippen LogP contribution in [0.3, 0.4) is 0 Å². The molecule has 0 saturated carbocycles. The molecule has 0 saturated heterocycles. The Kier molecular flexibility index (Phi) is 7.26. The van der Waals surface area contributed by atoms with Crippen LogP contribution in [-0.4, -0.2) is 22.0 Å². The van der Waals surface area contributed by atoms with Crippen molar-refractivity contribution < 1.29 is 14.0 Å². The molecule has 0 spiro atoms. The molecule has 0 aliphatic rings. The molecule has 0 bridgehead atoms. The van der Waals surface area contributed by atoms with Crippen LogP contribution in [0, 0.1) is 5.82 Å². The van der Waals surface area contributed by atoms with E-state index in [2.05, 4.69) is 20.8 Å². The van der Waals surface area contributed by atoms with Gasteiger partial charge < -0.3 is 10.6 Å². The molecule has 0 atom stereocenters. The quantitative estimate of drug-likeness (QED) is 0.558. The van der Waals surface area contributed by atoms with Gasteiger partial charge in [-0.05, 0) is 30.7 Å². The van der Waals surface area contributed by atoms with Crippen molar-refractivity contribution in [2.24, 2.45) is 0 Å². The molecule has 6 nitrogen and oxygen atoms in total. The topological polar surface area (TPSA) is 84.0 Å². The van der Waals surface area contributed by atoms with Crippen LogP contribution in [0.2, 0.25) is 5.02 Å². The minimum atomic E-state index is -0.362. The minimum absolute atomic E-state index is 0.151. The zero-order chi connectivity index (χ0) is 20.6. The Hall–Kier alpha value is -2.84. The number of halogens is 2. The van der Waals surface area contributed by atoms with Crippen molar-refractivity contribution in [1.29, 1.82) is 0 Å². The van der Waals surface area contributed by atoms with Crippen LogP contribution in [0.25, 0.3) is 0 Å². The van der Waals surface area contributed by atoms with E-state index in [1.807, 2.05) is 0 Å². The van der Waals surface area contributed by atoms with Gasteiger partial charge in [-0.15, -0.1) is 10.2 Å². The van der Waals surface area contributed by atoms with E-state index in [9.17, 15) is 14.0 Å². The molecule has 0 fully saturated rings. The lowest BCUT2D eigenvalue weighted by Crippen LogP contribution is -2.23. The highest BCUT2D eigenvalue weighted by Gasteiger charge is 2.14. The number of aryl methyl sites for hydroxylation is 1. The van der Waals surface area contributed by atoms with Crippen molar-refractivity contribution >= 4 is 40.4 Å². The zero-order valence-electron chi connectivity index (χ0n) is 15.3. The predicted molar refractivity (Wildman–Crippen MR) is 110 cm³/mol. The summed E-state index contributed by atoms with van der Waals surface area (Å²) < 4.78 is 13.5. The molecular weight excluding hydrogens is 415 g/mol. The second kappa shape index (κ2) is 10.1. The number of hydrogen-bond donors (Lipinski definition) is 2. The van der Waals surface area contributed by atoms with Gasteiger partial charge in [-0.25, -0.2) is 4.39 Å². The van der Waals surface area contributed by atoms with E-state index in [1.54, 1.807) is 42.5 Å². The van der Waals surface area contributed by atoms with E-state index in [1.165, 1.54) is 17.4 Å². The summed E-state index contributed by atoms with van der Waals surface area (Å²) in [6, 6.07) is 13.1. The SMILES string of the molecule is O=C(CCCc1nnc(C(=O)Nc2cccc(Cl)c2)s1)NCc1ccccc1F. The fourth-order valence-corrected chi connectivity index (χ4v) is 3.49. The minimum Gasteiger partial charge on any atom is -0.352 e. The number of carbonyl (C=O) groups is 2. The first kappa shape index (κ1) is 20.9. The van der Waals surface area contributed by atoms with Crippen LogP contribution in [0.4, 0.5) is 10.1 Å². The number of anilines is 1. The summed E-state index contributed by atoms with van der Waals surface area (Å²) in [5.41, 5.74) is 1.02. The van der Waals surface area contributed by atoms with Crippen LogP contribution in [0.5, 0.6) is 0 Å². The molecule has 1 aromatic heterocycles. The van der Waals surface area contributed by atoms with Crippen molar-refractivity contribution in [3.05, 3.63) is 74.9 Å². The van der Waals surface area contributed by atoms with E-state index in [0.29, 0.717) is 34.1 Å². The van der Waals surface area contributed by atoms with Crippen molar-refractivity contribution in [3.8, 4) is 0 Å². The highest BCUT2D eigenvalue weighted by Crippen LogP contribution is 2.18. The van der Waals surface area contributed by atoms with Gasteiger partial charge in [0.2, 0.25) is 10.9 Å². The first-order valence-corrected chi connectivity index (χ1v) is 10.1. The third-order valence-electron chi connectivity index (χ3n) is 3.97. The molecule has 29 heavy (non-hydrogen) atoms. The molecule has 2 amide bonds. The van der Waals surface area contributed by atoms with E-state index >= 15 is 0 Å². The van der Waals surface area contributed by atoms with Gasteiger partial charge >= 0.3 is 0 Å². The fraction of sp³-hybridized carbons (Fsp3) is 0.200. The summed E-state index contributed by atoms with van der Waals surface area (Å²) in [4.78, 5) is 24.1. The van der Waals surface area contributed by atoms with Crippen molar-refractivity contribution in [2.75, 3.05) is 5.32 Å². The molecule has 1 heterocycles. The average molecular weight is 433 g/mol. The lowest BCUT2D eigenvalue weighted by Gasteiger charge is -2.05. The summed E-state index contributed by atoms with van der Waals surface area (Å²) in [5, 5.41) is 14.7. The van der Waals surface area contributed by atoms with Gasteiger partial charge in [0.15, 0.2) is 0 Å². The molecule has 9 heteroatoms. The molecule has 2 N–H and O–H groups in total. The number of benzene rings is 2. The van der Waals surface area contributed by atoms with Gasteiger partial charge in [-0.2, -0.15) is 0 Å². The highest BCUT2D eigenvalue weighted by molar-refractivity contribution is 7.13. The number of hydrogen-bond acceptors (Lipinski definition) is 5. The standard InChI is InChI=1S/C20H18ClFN4O2S/c21-14-6-3-7-15(11-14)24-19(28)20-26-25-18(29-20)10-4-9-17(27)23-12-13-5-1-2-8-16(13)22/h1-3,5-8,11H,4,9-10,12H2,(H,23,27)(H,24,28). The highest BCUT2D eigenvalue weighted by atomic mass is 35.5. The zero-order valence-corrected chi connectivity index (χ0v) is 16.9. The van der Waals surface area contributed by atoms with Crippen LogP contribution >= 0.6 is 22.9 Å². The Morgan fingerprint density at radius 2 is 1.93 bits per heavy atom. The van der Waals surface area contributed by atoms with Gasteiger partial charge in [-0.1, -0.05) is 47.2 Å². The van der Waals surface area contributed by atoms with Crippen molar-refractivity contribution in [1.82, 2.24) is 15.5 Å². The Morgan fingerprint density at radius 1 is 1.10 bits per heavy atom. The maximum Gasteiger partial charge on any atom is 0.286 e. The summed E-state index contributed by atoms with van der Waals surface area (Å²) in [5.74, 6) is -0.874. The number of carbonyl (C=O) groups excluding carboxylic acids is 2. The fourth-order valence-electron chi connectivity index (χ4n) is 2.52. The Morgan fingerprint density at radius 3 is 2.72 bits per heavy atom. The number of rotatable bonds is 8. The largest absolute Gasteiger partial charge is 0.352 e. The normalized spacial score (nSPS) is 10.6. The first-order chi connectivity index (χ1) is 14.0. The molecule has 0 aliphatic heterocycles. The Bertz CT molecular complexity index is 1010. The molecule has 150 valence electrons. The van der Waals surface area contributed by atoms with Crippen LogP contribution in [0.15, 0.2) is 48.5 Å². The molecule has 0 aliphatic carbocycles.